The van der Waals surface area contributed by atoms with Crippen molar-refractivity contribution < 1.29 is 4.79 Å². The van der Waals surface area contributed by atoms with Crippen LogP contribution in [0.25, 0.3) is 0 Å². The van der Waals surface area contributed by atoms with Crippen molar-refractivity contribution in [1.29, 1.82) is 0 Å². The molecule has 1 fully saturated rings. The maximum atomic E-state index is 10.5. The number of hydrogen-bond donors (Lipinski definition) is 1. The Labute approximate surface area is 96.0 Å². The first-order valence-corrected chi connectivity index (χ1v) is 5.79. The Morgan fingerprint density at radius 1 is 1.56 bits per heavy atom. The number of carbonyl (C=O) groups excluding carboxylic acids is 1. The zero-order valence-electron chi connectivity index (χ0n) is 10.2. The van der Waals surface area contributed by atoms with Gasteiger partial charge in [0.15, 0.2) is 0 Å². The third kappa shape index (κ3) is 2.43. The topological polar surface area (TPSA) is 46.9 Å². The Kier molecular flexibility index (Phi) is 2.74. The molecule has 0 radical (unpaired) electrons. The van der Waals surface area contributed by atoms with Gasteiger partial charge in [-0.15, -0.1) is 0 Å². The van der Waals surface area contributed by atoms with Crippen molar-refractivity contribution in [2.75, 3.05) is 5.32 Å². The molecule has 0 atom stereocenters. The number of anilines is 1. The lowest BCUT2D eigenvalue weighted by Gasteiger charge is -2.14. The third-order valence-electron chi connectivity index (χ3n) is 2.88. The third-order valence-corrected chi connectivity index (χ3v) is 2.88. The number of amides is 1. The normalized spacial score (nSPS) is 16.2. The summed E-state index contributed by atoms with van der Waals surface area (Å²) >= 11 is 0. The number of nitrogens with one attached hydrogen (secondary N) is 1. The Morgan fingerprint density at radius 3 is 2.75 bits per heavy atom. The average molecular weight is 221 g/mol. The van der Waals surface area contributed by atoms with Gasteiger partial charge in [0.05, 0.1) is 5.69 Å². The van der Waals surface area contributed by atoms with Crippen LogP contribution in [0.2, 0.25) is 0 Å². The first-order valence-electron chi connectivity index (χ1n) is 5.79. The average Bonchev–Trinajstić information content (AvgIpc) is 2.88. The van der Waals surface area contributed by atoms with E-state index in [4.69, 9.17) is 0 Å². The molecule has 0 aliphatic heterocycles. The first-order chi connectivity index (χ1) is 7.50. The molecule has 1 heterocycles. The molecule has 4 nitrogen and oxygen atoms in total. The summed E-state index contributed by atoms with van der Waals surface area (Å²) < 4.78 is 1.92. The van der Waals surface area contributed by atoms with Crippen LogP contribution in [-0.2, 0) is 16.8 Å². The summed E-state index contributed by atoms with van der Waals surface area (Å²) in [6.45, 7) is 7.30. The van der Waals surface area contributed by atoms with Crippen LogP contribution in [0, 0.1) is 5.92 Å². The minimum atomic E-state index is 0.0219. The van der Waals surface area contributed by atoms with E-state index in [1.807, 2.05) is 10.7 Å². The zero-order chi connectivity index (χ0) is 11.8. The molecule has 1 aliphatic rings. The molecular formula is C12H19N3O. The fraction of sp³-hybridized carbons (Fsp3) is 0.667. The molecule has 88 valence electrons. The van der Waals surface area contributed by atoms with Crippen LogP contribution in [0.4, 0.5) is 5.82 Å². The second-order valence-electron chi connectivity index (χ2n) is 5.55. The smallest absolute Gasteiger partial charge is 0.212 e. The Hall–Kier alpha value is -1.32. The minimum absolute atomic E-state index is 0.0219. The predicted molar refractivity (Wildman–Crippen MR) is 63.3 cm³/mol. The van der Waals surface area contributed by atoms with E-state index in [9.17, 15) is 4.79 Å². The number of aromatic nitrogens is 2. The molecule has 1 aliphatic carbocycles. The van der Waals surface area contributed by atoms with E-state index < -0.39 is 0 Å². The zero-order valence-corrected chi connectivity index (χ0v) is 10.2. The van der Waals surface area contributed by atoms with Crippen molar-refractivity contribution in [3.8, 4) is 0 Å². The van der Waals surface area contributed by atoms with Crippen LogP contribution in [0.5, 0.6) is 0 Å². The molecule has 1 aromatic heterocycles. The number of hydrogen-bond acceptors (Lipinski definition) is 2. The van der Waals surface area contributed by atoms with Crippen LogP contribution in [0.1, 0.15) is 39.3 Å². The van der Waals surface area contributed by atoms with Gasteiger partial charge in [0, 0.05) is 18.0 Å². The summed E-state index contributed by atoms with van der Waals surface area (Å²) in [5.74, 6) is 1.56. The molecule has 0 aromatic carbocycles. The second-order valence-corrected chi connectivity index (χ2v) is 5.55. The highest BCUT2D eigenvalue weighted by atomic mass is 16.1. The van der Waals surface area contributed by atoms with Crippen molar-refractivity contribution in [2.45, 2.75) is 45.6 Å². The van der Waals surface area contributed by atoms with E-state index in [0.717, 1.165) is 24.0 Å². The van der Waals surface area contributed by atoms with Gasteiger partial charge in [0.1, 0.15) is 5.82 Å². The lowest BCUT2D eigenvalue weighted by Crippen LogP contribution is -2.13. The fourth-order valence-corrected chi connectivity index (χ4v) is 1.64. The molecule has 16 heavy (non-hydrogen) atoms. The highest BCUT2D eigenvalue weighted by Gasteiger charge is 2.25. The van der Waals surface area contributed by atoms with Gasteiger partial charge in [-0.3, -0.25) is 4.79 Å². The first kappa shape index (κ1) is 11.2. The van der Waals surface area contributed by atoms with Crippen molar-refractivity contribution in [3.05, 3.63) is 11.8 Å². The van der Waals surface area contributed by atoms with Gasteiger partial charge in [-0.05, 0) is 18.8 Å². The summed E-state index contributed by atoms with van der Waals surface area (Å²) in [6, 6.07) is 1.97. The molecule has 2 rings (SSSR count). The quantitative estimate of drug-likeness (QED) is 0.792. The highest BCUT2D eigenvalue weighted by Crippen LogP contribution is 2.32. The van der Waals surface area contributed by atoms with Crippen LogP contribution >= 0.6 is 0 Å². The molecule has 1 amide bonds. The van der Waals surface area contributed by atoms with Crippen LogP contribution < -0.4 is 5.32 Å². The van der Waals surface area contributed by atoms with Gasteiger partial charge in [-0.2, -0.15) is 5.10 Å². The fourth-order valence-electron chi connectivity index (χ4n) is 1.64. The molecule has 0 bridgehead atoms. The maximum Gasteiger partial charge on any atom is 0.212 e. The van der Waals surface area contributed by atoms with E-state index in [1.165, 1.54) is 12.8 Å². The van der Waals surface area contributed by atoms with E-state index in [0.29, 0.717) is 6.41 Å². The Balaban J connectivity index is 2.24. The molecule has 1 saturated carbocycles. The minimum Gasteiger partial charge on any atom is -0.314 e. The SMILES string of the molecule is CC(C)(C)c1cc(NC=O)n(CC2CC2)n1. The molecule has 0 spiro atoms. The van der Waals surface area contributed by atoms with E-state index in [-0.39, 0.29) is 5.41 Å². The summed E-state index contributed by atoms with van der Waals surface area (Å²) in [6.07, 6.45) is 3.28. The van der Waals surface area contributed by atoms with Gasteiger partial charge in [-0.1, -0.05) is 20.8 Å². The van der Waals surface area contributed by atoms with Gasteiger partial charge >= 0.3 is 0 Å². The lowest BCUT2D eigenvalue weighted by atomic mass is 9.92. The van der Waals surface area contributed by atoms with Crippen LogP contribution in [0.15, 0.2) is 6.07 Å². The lowest BCUT2D eigenvalue weighted by molar-refractivity contribution is -0.105. The largest absolute Gasteiger partial charge is 0.314 e. The summed E-state index contributed by atoms with van der Waals surface area (Å²) in [7, 11) is 0. The molecular weight excluding hydrogens is 202 g/mol. The van der Waals surface area contributed by atoms with Crippen LogP contribution in [0.3, 0.4) is 0 Å². The summed E-state index contributed by atoms with van der Waals surface area (Å²) in [5.41, 5.74) is 1.05. The van der Waals surface area contributed by atoms with Gasteiger partial charge in [0.2, 0.25) is 6.41 Å². The molecule has 1 aromatic rings. The summed E-state index contributed by atoms with van der Waals surface area (Å²) in [4.78, 5) is 10.5. The predicted octanol–water partition coefficient (Wildman–Crippen LogP) is 2.16. The van der Waals surface area contributed by atoms with Gasteiger partial charge in [0.25, 0.3) is 0 Å². The van der Waals surface area contributed by atoms with Crippen molar-refractivity contribution in [1.82, 2.24) is 9.78 Å². The number of carbonyl (C=O) groups is 1. The standard InChI is InChI=1S/C12H19N3O/c1-12(2,3)10-6-11(13-8-16)15(14-10)7-9-4-5-9/h6,8-9H,4-5,7H2,1-3H3,(H,13,16). The van der Waals surface area contributed by atoms with Crippen LogP contribution in [-0.4, -0.2) is 16.2 Å². The Bertz CT molecular complexity index is 385. The second kappa shape index (κ2) is 3.92. The molecule has 4 heteroatoms. The Morgan fingerprint density at radius 2 is 2.25 bits per heavy atom. The summed E-state index contributed by atoms with van der Waals surface area (Å²) in [5, 5.41) is 7.30. The van der Waals surface area contributed by atoms with Crippen molar-refractivity contribution >= 4 is 12.2 Å². The maximum absolute atomic E-state index is 10.5. The molecule has 0 saturated heterocycles. The highest BCUT2D eigenvalue weighted by molar-refractivity contribution is 5.69. The number of nitrogens with zero attached hydrogens (tertiary/aromatic N) is 2. The van der Waals surface area contributed by atoms with E-state index >= 15 is 0 Å². The number of rotatable bonds is 4. The van der Waals surface area contributed by atoms with E-state index in [1.54, 1.807) is 0 Å². The monoisotopic (exact) mass is 221 g/mol. The van der Waals surface area contributed by atoms with Crippen molar-refractivity contribution in [2.24, 2.45) is 5.92 Å². The molecule has 0 unspecified atom stereocenters. The van der Waals surface area contributed by atoms with E-state index in [2.05, 4.69) is 31.2 Å². The van der Waals surface area contributed by atoms with Gasteiger partial charge < -0.3 is 5.32 Å². The molecule has 1 N–H and O–H groups in total. The van der Waals surface area contributed by atoms with Crippen molar-refractivity contribution in [3.63, 3.8) is 0 Å². The van der Waals surface area contributed by atoms with Gasteiger partial charge in [-0.25, -0.2) is 4.68 Å².